The third-order valence-corrected chi connectivity index (χ3v) is 3.66. The van der Waals surface area contributed by atoms with Gasteiger partial charge in [0.25, 0.3) is 5.69 Å². The molecule has 1 heterocycles. The van der Waals surface area contributed by atoms with E-state index in [0.29, 0.717) is 17.7 Å². The van der Waals surface area contributed by atoms with Gasteiger partial charge in [0.05, 0.1) is 16.3 Å². The number of halogens is 1. The summed E-state index contributed by atoms with van der Waals surface area (Å²) >= 11 is 3.33. The Morgan fingerprint density at radius 3 is 2.81 bits per heavy atom. The summed E-state index contributed by atoms with van der Waals surface area (Å²) in [7, 11) is 0. The number of hydrogen-bond donors (Lipinski definition) is 0. The number of non-ortho nitro benzene ring substituents is 1. The number of aryl methyl sites for hydroxylation is 2. The fourth-order valence-electron chi connectivity index (χ4n) is 2.07. The largest absolute Gasteiger partial charge is 0.487 e. The molecule has 0 aliphatic rings. The second-order valence-electron chi connectivity index (χ2n) is 4.56. The molecule has 0 amide bonds. The summed E-state index contributed by atoms with van der Waals surface area (Å²) in [5, 5.41) is 15.6. The molecular formula is C14H16BrN3O3. The first-order valence-corrected chi connectivity index (χ1v) is 7.66. The van der Waals surface area contributed by atoms with Crippen molar-refractivity contribution in [2.45, 2.75) is 32.3 Å². The maximum atomic E-state index is 10.8. The van der Waals surface area contributed by atoms with E-state index in [2.05, 4.69) is 21.0 Å². The number of alkyl halides is 1. The van der Waals surface area contributed by atoms with Gasteiger partial charge in [0.2, 0.25) is 0 Å². The van der Waals surface area contributed by atoms with Gasteiger partial charge in [-0.25, -0.2) is 0 Å². The summed E-state index contributed by atoms with van der Waals surface area (Å²) in [5.74, 6) is 0.638. The van der Waals surface area contributed by atoms with Gasteiger partial charge in [0.1, 0.15) is 12.4 Å². The van der Waals surface area contributed by atoms with Crippen molar-refractivity contribution in [1.29, 1.82) is 0 Å². The van der Waals surface area contributed by atoms with Gasteiger partial charge in [-0.15, -0.1) is 0 Å². The zero-order valence-electron chi connectivity index (χ0n) is 11.9. The van der Waals surface area contributed by atoms with E-state index in [1.165, 1.54) is 12.1 Å². The van der Waals surface area contributed by atoms with Crippen molar-refractivity contribution in [2.75, 3.05) is 0 Å². The predicted octanol–water partition coefficient (Wildman–Crippen LogP) is 3.59. The Balaban J connectivity index is 2.17. The number of benzene rings is 1. The van der Waals surface area contributed by atoms with Crippen LogP contribution in [0.4, 0.5) is 5.69 Å². The Morgan fingerprint density at radius 1 is 1.43 bits per heavy atom. The van der Waals surface area contributed by atoms with E-state index < -0.39 is 4.92 Å². The average Bonchev–Trinajstić information content (AvgIpc) is 2.84. The van der Waals surface area contributed by atoms with Gasteiger partial charge >= 0.3 is 0 Å². The van der Waals surface area contributed by atoms with Crippen LogP contribution in [0, 0.1) is 17.0 Å². The third kappa shape index (κ3) is 3.60. The summed E-state index contributed by atoms with van der Waals surface area (Å²) in [6.45, 7) is 5.11. The molecule has 0 spiro atoms. The topological polar surface area (TPSA) is 70.2 Å². The number of ether oxygens (including phenoxy) is 1. The van der Waals surface area contributed by atoms with Crippen molar-refractivity contribution in [3.63, 3.8) is 0 Å². The molecular weight excluding hydrogens is 338 g/mol. The molecule has 0 atom stereocenters. The summed E-state index contributed by atoms with van der Waals surface area (Å²) in [5.41, 5.74) is 2.74. The average molecular weight is 354 g/mol. The van der Waals surface area contributed by atoms with Gasteiger partial charge in [-0.2, -0.15) is 5.10 Å². The van der Waals surface area contributed by atoms with Crippen molar-refractivity contribution in [1.82, 2.24) is 9.78 Å². The highest BCUT2D eigenvalue weighted by molar-refractivity contribution is 9.08. The minimum atomic E-state index is -0.411. The number of nitro benzene ring substituents is 1. The fraction of sp³-hybridized carbons (Fsp3) is 0.357. The molecule has 0 bridgehead atoms. The molecule has 0 aliphatic heterocycles. The first kappa shape index (κ1) is 15.5. The van der Waals surface area contributed by atoms with E-state index in [0.717, 1.165) is 23.5 Å². The number of nitrogens with zero attached hydrogens (tertiary/aromatic N) is 3. The van der Waals surface area contributed by atoms with E-state index in [-0.39, 0.29) is 5.69 Å². The smallest absolute Gasteiger partial charge is 0.270 e. The standard InChI is InChI=1S/C14H16BrN3O3/c1-3-17-13(6-10(2)16-17)9-21-14-5-4-12(18(19)20)7-11(14)8-15/h4-7H,3,8-9H2,1-2H3. The first-order chi connectivity index (χ1) is 10.0. The molecule has 0 unspecified atom stereocenters. The van der Waals surface area contributed by atoms with Gasteiger partial charge < -0.3 is 4.74 Å². The zero-order chi connectivity index (χ0) is 15.4. The monoisotopic (exact) mass is 353 g/mol. The summed E-state index contributed by atoms with van der Waals surface area (Å²) < 4.78 is 7.67. The van der Waals surface area contributed by atoms with Crippen molar-refractivity contribution in [2.24, 2.45) is 0 Å². The molecule has 0 N–H and O–H groups in total. The Bertz CT molecular complexity index is 655. The fourth-order valence-corrected chi connectivity index (χ4v) is 2.50. The Hall–Kier alpha value is -1.89. The molecule has 7 heteroatoms. The summed E-state index contributed by atoms with van der Waals surface area (Å²) in [4.78, 5) is 10.4. The van der Waals surface area contributed by atoms with Crippen LogP contribution in [0.2, 0.25) is 0 Å². The molecule has 21 heavy (non-hydrogen) atoms. The maximum absolute atomic E-state index is 10.8. The predicted molar refractivity (Wildman–Crippen MR) is 82.7 cm³/mol. The normalized spacial score (nSPS) is 10.6. The van der Waals surface area contributed by atoms with Crippen LogP contribution in [0.3, 0.4) is 0 Å². The van der Waals surface area contributed by atoms with Crippen LogP contribution in [0.25, 0.3) is 0 Å². The molecule has 0 radical (unpaired) electrons. The van der Waals surface area contributed by atoms with E-state index in [1.807, 2.05) is 24.6 Å². The van der Waals surface area contributed by atoms with Gasteiger partial charge in [0, 0.05) is 29.6 Å². The van der Waals surface area contributed by atoms with Gasteiger partial charge in [-0.3, -0.25) is 14.8 Å². The second kappa shape index (κ2) is 6.71. The van der Waals surface area contributed by atoms with Crippen LogP contribution in [0.1, 0.15) is 23.9 Å². The Labute approximate surface area is 131 Å². The molecule has 112 valence electrons. The van der Waals surface area contributed by atoms with Crippen LogP contribution in [0.15, 0.2) is 24.3 Å². The molecule has 1 aromatic carbocycles. The molecule has 0 fully saturated rings. The van der Waals surface area contributed by atoms with Crippen LogP contribution < -0.4 is 4.74 Å². The number of aromatic nitrogens is 2. The van der Waals surface area contributed by atoms with Crippen LogP contribution in [-0.2, 0) is 18.5 Å². The highest BCUT2D eigenvalue weighted by Gasteiger charge is 2.12. The van der Waals surface area contributed by atoms with Crippen molar-refractivity contribution in [3.05, 3.63) is 51.3 Å². The number of rotatable bonds is 6. The quantitative estimate of drug-likeness (QED) is 0.452. The lowest BCUT2D eigenvalue weighted by Crippen LogP contribution is -2.07. The van der Waals surface area contributed by atoms with Crippen LogP contribution in [0.5, 0.6) is 5.75 Å². The third-order valence-electron chi connectivity index (χ3n) is 3.06. The van der Waals surface area contributed by atoms with Crippen molar-refractivity contribution in [3.8, 4) is 5.75 Å². The molecule has 6 nitrogen and oxygen atoms in total. The van der Waals surface area contributed by atoms with Crippen LogP contribution in [-0.4, -0.2) is 14.7 Å². The van der Waals surface area contributed by atoms with Gasteiger partial charge in [0.15, 0.2) is 0 Å². The highest BCUT2D eigenvalue weighted by atomic mass is 79.9. The first-order valence-electron chi connectivity index (χ1n) is 6.54. The number of hydrogen-bond acceptors (Lipinski definition) is 4. The summed E-state index contributed by atoms with van der Waals surface area (Å²) in [6.07, 6.45) is 0. The lowest BCUT2D eigenvalue weighted by molar-refractivity contribution is -0.384. The molecule has 2 rings (SSSR count). The lowest BCUT2D eigenvalue weighted by atomic mass is 10.2. The highest BCUT2D eigenvalue weighted by Crippen LogP contribution is 2.27. The maximum Gasteiger partial charge on any atom is 0.270 e. The molecule has 1 aromatic heterocycles. The molecule has 0 saturated heterocycles. The van der Waals surface area contributed by atoms with E-state index in [1.54, 1.807) is 6.07 Å². The minimum Gasteiger partial charge on any atom is -0.487 e. The number of nitro groups is 1. The minimum absolute atomic E-state index is 0.0613. The lowest BCUT2D eigenvalue weighted by Gasteiger charge is -2.10. The summed E-state index contributed by atoms with van der Waals surface area (Å²) in [6, 6.07) is 6.58. The molecule has 0 saturated carbocycles. The Morgan fingerprint density at radius 2 is 2.19 bits per heavy atom. The van der Waals surface area contributed by atoms with Crippen molar-refractivity contribution < 1.29 is 9.66 Å². The van der Waals surface area contributed by atoms with Gasteiger partial charge in [-0.1, -0.05) is 15.9 Å². The van der Waals surface area contributed by atoms with Gasteiger partial charge in [-0.05, 0) is 26.0 Å². The molecule has 0 aliphatic carbocycles. The van der Waals surface area contributed by atoms with E-state index >= 15 is 0 Å². The van der Waals surface area contributed by atoms with Crippen molar-refractivity contribution >= 4 is 21.6 Å². The Kier molecular flexibility index (Phi) is 4.95. The van der Waals surface area contributed by atoms with Crippen LogP contribution >= 0.6 is 15.9 Å². The second-order valence-corrected chi connectivity index (χ2v) is 5.12. The zero-order valence-corrected chi connectivity index (χ0v) is 13.5. The van der Waals surface area contributed by atoms with E-state index in [4.69, 9.17) is 4.74 Å². The molecule has 2 aromatic rings. The SMILES string of the molecule is CCn1nc(C)cc1COc1ccc([N+](=O)[O-])cc1CBr. The van der Waals surface area contributed by atoms with E-state index in [9.17, 15) is 10.1 Å².